The third-order valence-corrected chi connectivity index (χ3v) is 3.73. The topological polar surface area (TPSA) is 52.6 Å². The van der Waals surface area contributed by atoms with Crippen molar-refractivity contribution in [3.63, 3.8) is 0 Å². The van der Waals surface area contributed by atoms with Crippen LogP contribution in [-0.4, -0.2) is 21.6 Å². The van der Waals surface area contributed by atoms with Crippen molar-refractivity contribution in [1.29, 1.82) is 0 Å². The molecule has 0 unspecified atom stereocenters. The summed E-state index contributed by atoms with van der Waals surface area (Å²) in [5.41, 5.74) is 1.01. The summed E-state index contributed by atoms with van der Waals surface area (Å²) in [6, 6.07) is 6.58. The van der Waals surface area contributed by atoms with E-state index in [1.807, 2.05) is 6.92 Å². The maximum atomic E-state index is 11.9. The van der Waals surface area contributed by atoms with Crippen LogP contribution in [-0.2, 0) is 19.0 Å². The molecule has 2 rings (SSSR count). The lowest BCUT2D eigenvalue weighted by molar-refractivity contribution is 0.140. The molecule has 1 aliphatic heterocycles. The molecule has 1 aromatic rings. The first kappa shape index (κ1) is 12.1. The molecule has 17 heavy (non-hydrogen) atoms. The fourth-order valence-electron chi connectivity index (χ4n) is 1.48. The van der Waals surface area contributed by atoms with E-state index in [0.717, 1.165) is 5.56 Å². The summed E-state index contributed by atoms with van der Waals surface area (Å²) < 4.78 is 34.0. The van der Waals surface area contributed by atoms with Crippen LogP contribution in [0.5, 0.6) is 0 Å². The van der Waals surface area contributed by atoms with E-state index in [0.29, 0.717) is 25.4 Å². The summed E-state index contributed by atoms with van der Waals surface area (Å²) in [4.78, 5) is 0.176. The van der Waals surface area contributed by atoms with E-state index in [9.17, 15) is 8.42 Å². The highest BCUT2D eigenvalue weighted by molar-refractivity contribution is 7.86. The molecule has 0 fully saturated rings. The van der Waals surface area contributed by atoms with Gasteiger partial charge in [-0.1, -0.05) is 17.7 Å². The molecule has 5 heteroatoms. The van der Waals surface area contributed by atoms with Gasteiger partial charge in [0.05, 0.1) is 13.2 Å². The zero-order chi connectivity index (χ0) is 12.3. The van der Waals surface area contributed by atoms with E-state index in [1.165, 1.54) is 0 Å². The Hall–Kier alpha value is -1.33. The van der Waals surface area contributed by atoms with Gasteiger partial charge in [0.1, 0.15) is 10.7 Å². The summed E-state index contributed by atoms with van der Waals surface area (Å²) in [5.74, 6) is 0.455. The normalized spacial score (nSPS) is 16.4. The third-order valence-electron chi connectivity index (χ3n) is 2.45. The van der Waals surface area contributed by atoms with E-state index in [-0.39, 0.29) is 4.90 Å². The predicted molar refractivity (Wildman–Crippen MR) is 63.0 cm³/mol. The van der Waals surface area contributed by atoms with Gasteiger partial charge < -0.3 is 8.92 Å². The van der Waals surface area contributed by atoms with Crippen LogP contribution in [0.3, 0.4) is 0 Å². The molecule has 1 aromatic carbocycles. The summed E-state index contributed by atoms with van der Waals surface area (Å²) in [7, 11) is -3.70. The number of benzene rings is 1. The molecule has 0 radical (unpaired) electrons. The molecule has 92 valence electrons. The molecule has 1 aliphatic rings. The average molecular weight is 254 g/mol. The SMILES string of the molecule is Cc1ccc(S(=O)(=O)OC2=CCOCC2)cc1. The Morgan fingerprint density at radius 3 is 2.53 bits per heavy atom. The van der Waals surface area contributed by atoms with E-state index in [2.05, 4.69) is 0 Å². The molecular formula is C12H14O4S. The number of rotatable bonds is 3. The quantitative estimate of drug-likeness (QED) is 0.774. The summed E-state index contributed by atoms with van der Waals surface area (Å²) in [6.07, 6.45) is 2.14. The molecule has 0 spiro atoms. The monoisotopic (exact) mass is 254 g/mol. The minimum atomic E-state index is -3.70. The Morgan fingerprint density at radius 2 is 1.94 bits per heavy atom. The van der Waals surface area contributed by atoms with E-state index < -0.39 is 10.1 Å². The second kappa shape index (κ2) is 4.89. The Balaban J connectivity index is 2.18. The van der Waals surface area contributed by atoms with Crippen LogP contribution in [0.25, 0.3) is 0 Å². The lowest BCUT2D eigenvalue weighted by atomic mass is 10.2. The molecule has 0 bridgehead atoms. The lowest BCUT2D eigenvalue weighted by Gasteiger charge is -2.14. The van der Waals surface area contributed by atoms with Crippen LogP contribution in [0.15, 0.2) is 41.0 Å². The molecule has 4 nitrogen and oxygen atoms in total. The van der Waals surface area contributed by atoms with Gasteiger partial charge in [-0.2, -0.15) is 8.42 Å². The Morgan fingerprint density at radius 1 is 1.24 bits per heavy atom. The molecule has 0 saturated carbocycles. The summed E-state index contributed by atoms with van der Waals surface area (Å²) in [6.45, 7) is 2.80. The van der Waals surface area contributed by atoms with Crippen molar-refractivity contribution in [3.8, 4) is 0 Å². The first-order valence-electron chi connectivity index (χ1n) is 5.36. The molecule has 0 atom stereocenters. The van der Waals surface area contributed by atoms with Crippen LogP contribution < -0.4 is 0 Å². The van der Waals surface area contributed by atoms with Gasteiger partial charge in [0.15, 0.2) is 0 Å². The molecule has 0 amide bonds. The highest BCUT2D eigenvalue weighted by Crippen LogP contribution is 2.19. The first-order valence-corrected chi connectivity index (χ1v) is 6.77. The second-order valence-electron chi connectivity index (χ2n) is 3.85. The van der Waals surface area contributed by atoms with Crippen molar-refractivity contribution in [1.82, 2.24) is 0 Å². The average Bonchev–Trinajstić information content (AvgIpc) is 2.30. The number of aryl methyl sites for hydroxylation is 1. The standard InChI is InChI=1S/C12H14O4S/c1-10-2-4-12(5-3-10)17(13,14)16-11-6-8-15-9-7-11/h2-6H,7-9H2,1H3. The second-order valence-corrected chi connectivity index (χ2v) is 5.39. The zero-order valence-corrected chi connectivity index (χ0v) is 10.4. The fourth-order valence-corrected chi connectivity index (χ4v) is 2.48. The van der Waals surface area contributed by atoms with E-state index in [1.54, 1.807) is 30.3 Å². The van der Waals surface area contributed by atoms with Crippen molar-refractivity contribution in [3.05, 3.63) is 41.7 Å². The van der Waals surface area contributed by atoms with Gasteiger partial charge >= 0.3 is 10.1 Å². The number of ether oxygens (including phenoxy) is 1. The fraction of sp³-hybridized carbons (Fsp3) is 0.333. The van der Waals surface area contributed by atoms with Gasteiger partial charge in [-0.05, 0) is 25.1 Å². The van der Waals surface area contributed by atoms with Gasteiger partial charge in [0.2, 0.25) is 0 Å². The highest BCUT2D eigenvalue weighted by atomic mass is 32.2. The largest absolute Gasteiger partial charge is 0.384 e. The van der Waals surface area contributed by atoms with Crippen LogP contribution in [0.2, 0.25) is 0 Å². The Labute approximate surface area is 101 Å². The van der Waals surface area contributed by atoms with Crippen LogP contribution in [0, 0.1) is 6.92 Å². The maximum absolute atomic E-state index is 11.9. The lowest BCUT2D eigenvalue weighted by Crippen LogP contribution is -2.12. The zero-order valence-electron chi connectivity index (χ0n) is 9.55. The highest BCUT2D eigenvalue weighted by Gasteiger charge is 2.18. The molecular weight excluding hydrogens is 240 g/mol. The Kier molecular flexibility index (Phi) is 3.49. The molecule has 0 aromatic heterocycles. The van der Waals surface area contributed by atoms with Crippen molar-refractivity contribution < 1.29 is 17.3 Å². The number of hydrogen-bond acceptors (Lipinski definition) is 4. The van der Waals surface area contributed by atoms with Crippen molar-refractivity contribution in [2.45, 2.75) is 18.2 Å². The van der Waals surface area contributed by atoms with E-state index >= 15 is 0 Å². The maximum Gasteiger partial charge on any atom is 0.338 e. The third kappa shape index (κ3) is 3.08. The minimum absolute atomic E-state index is 0.176. The van der Waals surface area contributed by atoms with Gasteiger partial charge in [0.25, 0.3) is 0 Å². The first-order chi connectivity index (χ1) is 8.08. The Bertz CT molecular complexity index is 514. The molecule has 0 saturated heterocycles. The van der Waals surface area contributed by atoms with Crippen molar-refractivity contribution in [2.75, 3.05) is 13.2 Å². The van der Waals surface area contributed by atoms with Gasteiger partial charge in [-0.3, -0.25) is 0 Å². The predicted octanol–water partition coefficient (Wildman–Crippen LogP) is 2.00. The van der Waals surface area contributed by atoms with Crippen molar-refractivity contribution >= 4 is 10.1 Å². The number of hydrogen-bond donors (Lipinski definition) is 0. The van der Waals surface area contributed by atoms with Gasteiger partial charge in [-0.25, -0.2) is 0 Å². The molecule has 0 aliphatic carbocycles. The van der Waals surface area contributed by atoms with E-state index in [4.69, 9.17) is 8.92 Å². The van der Waals surface area contributed by atoms with Crippen LogP contribution in [0.4, 0.5) is 0 Å². The van der Waals surface area contributed by atoms with Crippen LogP contribution in [0.1, 0.15) is 12.0 Å². The minimum Gasteiger partial charge on any atom is -0.384 e. The summed E-state index contributed by atoms with van der Waals surface area (Å²) in [5, 5.41) is 0. The summed E-state index contributed by atoms with van der Waals surface area (Å²) >= 11 is 0. The van der Waals surface area contributed by atoms with Gasteiger partial charge in [0, 0.05) is 6.42 Å². The molecule has 0 N–H and O–H groups in total. The smallest absolute Gasteiger partial charge is 0.338 e. The van der Waals surface area contributed by atoms with Crippen LogP contribution >= 0.6 is 0 Å². The molecule has 1 heterocycles. The van der Waals surface area contributed by atoms with Crippen molar-refractivity contribution in [2.24, 2.45) is 0 Å². The van der Waals surface area contributed by atoms with Gasteiger partial charge in [-0.15, -0.1) is 0 Å².